The van der Waals surface area contributed by atoms with E-state index in [0.717, 1.165) is 25.3 Å². The van der Waals surface area contributed by atoms with Crippen LogP contribution in [-0.4, -0.2) is 51.9 Å². The number of nitrogens with two attached hydrogens (primary N) is 2. The number of carbonyl (C=O) groups excluding carboxylic acids is 1. The maximum Gasteiger partial charge on any atom is 0.311 e. The predicted octanol–water partition coefficient (Wildman–Crippen LogP) is 1.66. The standard InChI is InChI=1S/C17H17ClF3N7O3/c1-16(17(20,21)7-31-15(23)28-16)12-8(19)2-3-9(25-12)26-14(29)11-13(22)27-10(6-24-11)30-5-4-18/h2-3,6H,4-5,7H2,1H3,(H2,22,27)(H2,23,28)(H,25,26,29). The lowest BCUT2D eigenvalue weighted by Crippen LogP contribution is -2.51. The van der Waals surface area contributed by atoms with Crippen molar-refractivity contribution in [2.24, 2.45) is 10.7 Å². The highest BCUT2D eigenvalue weighted by Crippen LogP contribution is 2.43. The summed E-state index contributed by atoms with van der Waals surface area (Å²) in [4.78, 5) is 27.6. The third-order valence-electron chi connectivity index (χ3n) is 4.32. The summed E-state index contributed by atoms with van der Waals surface area (Å²) in [5.41, 5.74) is 7.65. The van der Waals surface area contributed by atoms with Crippen molar-refractivity contribution in [2.75, 3.05) is 30.1 Å². The molecule has 0 radical (unpaired) electrons. The second-order valence-electron chi connectivity index (χ2n) is 6.48. The number of anilines is 2. The van der Waals surface area contributed by atoms with Gasteiger partial charge in [-0.1, -0.05) is 0 Å². The minimum Gasteiger partial charge on any atom is -0.475 e. The number of amides is 1. The van der Waals surface area contributed by atoms with E-state index in [2.05, 4.69) is 30.0 Å². The number of hydrogen-bond acceptors (Lipinski definition) is 9. The summed E-state index contributed by atoms with van der Waals surface area (Å²) in [6.07, 6.45) is 1.16. The first kappa shape index (κ1) is 22.3. The van der Waals surface area contributed by atoms with E-state index in [-0.39, 0.29) is 35.7 Å². The van der Waals surface area contributed by atoms with Crippen molar-refractivity contribution in [3.63, 3.8) is 0 Å². The predicted molar refractivity (Wildman–Crippen MR) is 105 cm³/mol. The van der Waals surface area contributed by atoms with Crippen LogP contribution in [0.25, 0.3) is 0 Å². The highest BCUT2D eigenvalue weighted by atomic mass is 35.5. The molecule has 0 aliphatic carbocycles. The smallest absolute Gasteiger partial charge is 0.311 e. The first-order chi connectivity index (χ1) is 14.6. The average Bonchev–Trinajstić information content (AvgIpc) is 2.71. The normalized spacial score (nSPS) is 19.8. The van der Waals surface area contributed by atoms with Gasteiger partial charge in [0.15, 0.2) is 23.7 Å². The zero-order valence-corrected chi connectivity index (χ0v) is 16.8. The molecule has 31 heavy (non-hydrogen) atoms. The van der Waals surface area contributed by atoms with E-state index in [0.29, 0.717) is 0 Å². The number of alkyl halides is 3. The molecule has 0 bridgehead atoms. The third-order valence-corrected chi connectivity index (χ3v) is 4.47. The van der Waals surface area contributed by atoms with E-state index in [1.54, 1.807) is 0 Å². The fourth-order valence-electron chi connectivity index (χ4n) is 2.67. The van der Waals surface area contributed by atoms with Crippen LogP contribution in [0.4, 0.5) is 24.8 Å². The summed E-state index contributed by atoms with van der Waals surface area (Å²) in [6.45, 7) is 0.00810. The number of nitrogens with one attached hydrogen (secondary N) is 1. The number of pyridine rings is 1. The number of halogens is 4. The van der Waals surface area contributed by atoms with Crippen molar-refractivity contribution in [3.05, 3.63) is 35.5 Å². The van der Waals surface area contributed by atoms with Gasteiger partial charge in [0.05, 0.1) is 12.1 Å². The molecule has 0 aromatic carbocycles. The molecule has 5 N–H and O–H groups in total. The second-order valence-corrected chi connectivity index (χ2v) is 6.85. The summed E-state index contributed by atoms with van der Waals surface area (Å²) < 4.78 is 53.1. The molecular formula is C17H17ClF3N7O3. The Morgan fingerprint density at radius 2 is 2.10 bits per heavy atom. The fraction of sp³-hybridized carbons (Fsp3) is 0.353. The highest BCUT2D eigenvalue weighted by Gasteiger charge is 2.57. The number of aliphatic imine (C=N–C) groups is 1. The zero-order chi connectivity index (χ0) is 22.8. The number of amidine groups is 1. The van der Waals surface area contributed by atoms with Gasteiger partial charge in [-0.3, -0.25) is 4.79 Å². The quantitative estimate of drug-likeness (QED) is 0.552. The average molecular weight is 460 g/mol. The summed E-state index contributed by atoms with van der Waals surface area (Å²) in [5, 5.41) is 2.31. The van der Waals surface area contributed by atoms with Gasteiger partial charge < -0.3 is 26.3 Å². The maximum absolute atomic E-state index is 14.5. The van der Waals surface area contributed by atoms with E-state index in [1.165, 1.54) is 0 Å². The van der Waals surface area contributed by atoms with Gasteiger partial charge in [0.25, 0.3) is 11.9 Å². The number of rotatable bonds is 6. The number of aromatic nitrogens is 3. The van der Waals surface area contributed by atoms with Gasteiger partial charge in [-0.05, 0) is 19.1 Å². The molecular weight excluding hydrogens is 443 g/mol. The summed E-state index contributed by atoms with van der Waals surface area (Å²) in [6, 6.07) is 1.40. The SMILES string of the molecule is CC1(c2nc(NC(=O)c3ncc(OCCCl)nc3N)ccc2F)N=C(N)OCC1(F)F. The van der Waals surface area contributed by atoms with E-state index in [1.807, 2.05) is 0 Å². The molecule has 1 aliphatic rings. The molecule has 14 heteroatoms. The van der Waals surface area contributed by atoms with Crippen molar-refractivity contribution in [1.29, 1.82) is 0 Å². The Hall–Kier alpha value is -3.35. The number of carbonyl (C=O) groups is 1. The fourth-order valence-corrected chi connectivity index (χ4v) is 2.75. The van der Waals surface area contributed by atoms with E-state index in [4.69, 9.17) is 27.8 Å². The molecule has 0 saturated carbocycles. The lowest BCUT2D eigenvalue weighted by molar-refractivity contribution is -0.118. The van der Waals surface area contributed by atoms with Crippen LogP contribution in [0.1, 0.15) is 23.1 Å². The molecule has 0 fully saturated rings. The lowest BCUT2D eigenvalue weighted by atomic mass is 9.89. The first-order valence-corrected chi connectivity index (χ1v) is 9.26. The van der Waals surface area contributed by atoms with Crippen LogP contribution in [-0.2, 0) is 10.3 Å². The Labute approximate surface area is 178 Å². The summed E-state index contributed by atoms with van der Waals surface area (Å²) in [7, 11) is 0. The summed E-state index contributed by atoms with van der Waals surface area (Å²) >= 11 is 5.51. The monoisotopic (exact) mass is 459 g/mol. The molecule has 1 atom stereocenters. The van der Waals surface area contributed by atoms with Gasteiger partial charge in [-0.25, -0.2) is 19.4 Å². The molecule has 1 aliphatic heterocycles. The number of nitrogen functional groups attached to an aromatic ring is 1. The van der Waals surface area contributed by atoms with Crippen molar-refractivity contribution < 1.29 is 27.4 Å². The number of ether oxygens (including phenoxy) is 2. The van der Waals surface area contributed by atoms with Crippen molar-refractivity contribution in [3.8, 4) is 5.88 Å². The van der Waals surface area contributed by atoms with Gasteiger partial charge in [0.1, 0.15) is 23.9 Å². The van der Waals surface area contributed by atoms with Crippen molar-refractivity contribution in [2.45, 2.75) is 18.4 Å². The molecule has 1 amide bonds. The molecule has 166 valence electrons. The Kier molecular flexibility index (Phi) is 6.06. The minimum absolute atomic E-state index is 0.0574. The van der Waals surface area contributed by atoms with Gasteiger partial charge in [0.2, 0.25) is 5.88 Å². The van der Waals surface area contributed by atoms with Crippen LogP contribution >= 0.6 is 11.6 Å². The molecule has 2 aromatic rings. The van der Waals surface area contributed by atoms with Crippen LogP contribution < -0.4 is 21.5 Å². The van der Waals surface area contributed by atoms with Crippen molar-refractivity contribution in [1.82, 2.24) is 15.0 Å². The van der Waals surface area contributed by atoms with E-state index >= 15 is 0 Å². The third kappa shape index (κ3) is 4.40. The molecule has 1 unspecified atom stereocenters. The second kappa shape index (κ2) is 8.41. The number of nitrogens with zero attached hydrogens (tertiary/aromatic N) is 4. The van der Waals surface area contributed by atoms with Crippen LogP contribution in [0.5, 0.6) is 5.88 Å². The van der Waals surface area contributed by atoms with E-state index in [9.17, 15) is 18.0 Å². The van der Waals surface area contributed by atoms with Gasteiger partial charge in [-0.2, -0.15) is 13.8 Å². The Morgan fingerprint density at radius 3 is 2.77 bits per heavy atom. The number of hydrogen-bond donors (Lipinski definition) is 3. The van der Waals surface area contributed by atoms with Gasteiger partial charge in [0, 0.05) is 0 Å². The first-order valence-electron chi connectivity index (χ1n) is 8.73. The van der Waals surface area contributed by atoms with Crippen LogP contribution in [0.3, 0.4) is 0 Å². The Morgan fingerprint density at radius 1 is 1.35 bits per heavy atom. The van der Waals surface area contributed by atoms with Crippen LogP contribution in [0, 0.1) is 5.82 Å². The molecule has 10 nitrogen and oxygen atoms in total. The molecule has 3 rings (SSSR count). The van der Waals surface area contributed by atoms with Gasteiger partial charge in [-0.15, -0.1) is 11.6 Å². The Balaban J connectivity index is 1.89. The zero-order valence-electron chi connectivity index (χ0n) is 16.0. The topological polar surface area (TPSA) is 151 Å². The Bertz CT molecular complexity index is 1040. The molecule has 0 saturated heterocycles. The molecule has 2 aromatic heterocycles. The van der Waals surface area contributed by atoms with E-state index < -0.39 is 41.5 Å². The molecule has 3 heterocycles. The maximum atomic E-state index is 14.5. The van der Waals surface area contributed by atoms with Crippen molar-refractivity contribution >= 4 is 35.2 Å². The summed E-state index contributed by atoms with van der Waals surface area (Å²) in [5.74, 6) is -5.79. The molecule has 0 spiro atoms. The van der Waals surface area contributed by atoms with Gasteiger partial charge >= 0.3 is 5.92 Å². The van der Waals surface area contributed by atoms with Crippen LogP contribution in [0.15, 0.2) is 23.3 Å². The minimum atomic E-state index is -3.62. The highest BCUT2D eigenvalue weighted by molar-refractivity contribution is 6.18. The lowest BCUT2D eigenvalue weighted by Gasteiger charge is -2.36. The van der Waals surface area contributed by atoms with Crippen LogP contribution in [0.2, 0.25) is 0 Å². The largest absolute Gasteiger partial charge is 0.475 e.